The smallest absolute Gasteiger partial charge is 0.339 e. The lowest BCUT2D eigenvalue weighted by atomic mass is 10.1. The van der Waals surface area contributed by atoms with Crippen LogP contribution in [0.1, 0.15) is 21.5 Å². The zero-order chi connectivity index (χ0) is 15.4. The van der Waals surface area contributed by atoms with Crippen LogP contribution in [0, 0.1) is 17.1 Å². The SMILES string of the molecule is CN(Cc1cccc(C#N)c1)c1ncc(F)cc1C(=O)O. The molecule has 0 aliphatic heterocycles. The number of hydrogen-bond donors (Lipinski definition) is 1. The van der Waals surface area contributed by atoms with Gasteiger partial charge in [-0.1, -0.05) is 12.1 Å². The van der Waals surface area contributed by atoms with Crippen molar-refractivity contribution in [2.45, 2.75) is 6.54 Å². The lowest BCUT2D eigenvalue weighted by Gasteiger charge is -2.20. The number of carboxylic acids is 1. The highest BCUT2D eigenvalue weighted by Gasteiger charge is 2.16. The molecular weight excluding hydrogens is 273 g/mol. The first-order valence-corrected chi connectivity index (χ1v) is 6.10. The molecule has 0 aliphatic rings. The number of hydrogen-bond acceptors (Lipinski definition) is 4. The second kappa shape index (κ2) is 6.01. The lowest BCUT2D eigenvalue weighted by Crippen LogP contribution is -2.21. The van der Waals surface area contributed by atoms with Crippen LogP contribution in [0.25, 0.3) is 0 Å². The summed E-state index contributed by atoms with van der Waals surface area (Å²) in [5.41, 5.74) is 1.15. The fourth-order valence-electron chi connectivity index (χ4n) is 1.98. The van der Waals surface area contributed by atoms with Crippen molar-refractivity contribution in [1.82, 2.24) is 4.98 Å². The van der Waals surface area contributed by atoms with Crippen LogP contribution in [-0.4, -0.2) is 23.1 Å². The van der Waals surface area contributed by atoms with Gasteiger partial charge in [-0.2, -0.15) is 5.26 Å². The largest absolute Gasteiger partial charge is 0.478 e. The summed E-state index contributed by atoms with van der Waals surface area (Å²) in [6.07, 6.45) is 0.976. The average molecular weight is 285 g/mol. The number of rotatable bonds is 4. The van der Waals surface area contributed by atoms with Gasteiger partial charge in [-0.05, 0) is 23.8 Å². The van der Waals surface area contributed by atoms with Crippen molar-refractivity contribution in [3.63, 3.8) is 0 Å². The minimum Gasteiger partial charge on any atom is -0.478 e. The van der Waals surface area contributed by atoms with E-state index in [-0.39, 0.29) is 11.4 Å². The van der Waals surface area contributed by atoms with Gasteiger partial charge < -0.3 is 10.0 Å². The topological polar surface area (TPSA) is 77.2 Å². The molecule has 106 valence electrons. The monoisotopic (exact) mass is 285 g/mol. The van der Waals surface area contributed by atoms with Crippen molar-refractivity contribution in [1.29, 1.82) is 5.26 Å². The van der Waals surface area contributed by atoms with E-state index >= 15 is 0 Å². The maximum atomic E-state index is 13.1. The van der Waals surface area contributed by atoms with Gasteiger partial charge >= 0.3 is 5.97 Å². The van der Waals surface area contributed by atoms with E-state index in [1.54, 1.807) is 30.1 Å². The number of aromatic carboxylic acids is 1. The number of carboxylic acid groups (broad SMARTS) is 1. The zero-order valence-electron chi connectivity index (χ0n) is 11.2. The maximum Gasteiger partial charge on any atom is 0.339 e. The number of nitriles is 1. The second-order valence-electron chi connectivity index (χ2n) is 4.50. The van der Waals surface area contributed by atoms with E-state index < -0.39 is 11.8 Å². The van der Waals surface area contributed by atoms with Gasteiger partial charge in [0.1, 0.15) is 17.2 Å². The third kappa shape index (κ3) is 3.34. The third-order valence-electron chi connectivity index (χ3n) is 2.90. The Labute approximate surface area is 120 Å². The fourth-order valence-corrected chi connectivity index (χ4v) is 1.98. The highest BCUT2D eigenvalue weighted by atomic mass is 19.1. The van der Waals surface area contributed by atoms with Gasteiger partial charge in [0.2, 0.25) is 0 Å². The molecule has 0 fully saturated rings. The summed E-state index contributed by atoms with van der Waals surface area (Å²) in [6.45, 7) is 0.356. The van der Waals surface area contributed by atoms with Crippen LogP contribution in [0.5, 0.6) is 0 Å². The van der Waals surface area contributed by atoms with E-state index in [4.69, 9.17) is 10.4 Å². The van der Waals surface area contributed by atoms with Gasteiger partial charge in [0.25, 0.3) is 0 Å². The van der Waals surface area contributed by atoms with Crippen molar-refractivity contribution in [3.05, 3.63) is 59.0 Å². The quantitative estimate of drug-likeness (QED) is 0.933. The standard InChI is InChI=1S/C15H12FN3O2/c1-19(9-11-4-2-3-10(5-11)7-17)14-13(15(20)21)6-12(16)8-18-14/h2-6,8H,9H2,1H3,(H,20,21). The maximum absolute atomic E-state index is 13.1. The molecule has 5 nitrogen and oxygen atoms in total. The van der Waals surface area contributed by atoms with Crippen molar-refractivity contribution in [2.24, 2.45) is 0 Å². The highest BCUT2D eigenvalue weighted by molar-refractivity contribution is 5.93. The summed E-state index contributed by atoms with van der Waals surface area (Å²) in [6, 6.07) is 9.94. The Morgan fingerprint density at radius 1 is 1.48 bits per heavy atom. The molecule has 0 unspecified atom stereocenters. The Morgan fingerprint density at radius 3 is 2.90 bits per heavy atom. The van der Waals surface area contributed by atoms with Crippen LogP contribution in [0.3, 0.4) is 0 Å². The van der Waals surface area contributed by atoms with E-state index in [1.807, 2.05) is 12.1 Å². The minimum atomic E-state index is -1.24. The molecule has 1 aromatic carbocycles. The molecule has 6 heteroatoms. The van der Waals surface area contributed by atoms with E-state index in [0.717, 1.165) is 17.8 Å². The zero-order valence-corrected chi connectivity index (χ0v) is 11.2. The first kappa shape index (κ1) is 14.5. The predicted molar refractivity (Wildman–Crippen MR) is 74.4 cm³/mol. The van der Waals surface area contributed by atoms with Crippen molar-refractivity contribution >= 4 is 11.8 Å². The number of benzene rings is 1. The molecule has 1 N–H and O–H groups in total. The van der Waals surface area contributed by atoms with Crippen molar-refractivity contribution in [2.75, 3.05) is 11.9 Å². The third-order valence-corrected chi connectivity index (χ3v) is 2.90. The molecule has 0 spiro atoms. The first-order chi connectivity index (χ1) is 10.0. The molecule has 0 amide bonds. The Morgan fingerprint density at radius 2 is 2.24 bits per heavy atom. The summed E-state index contributed by atoms with van der Waals surface area (Å²) in [5.74, 6) is -1.77. The molecule has 2 aromatic rings. The van der Waals surface area contributed by atoms with Gasteiger partial charge in [0.15, 0.2) is 0 Å². The van der Waals surface area contributed by atoms with Crippen molar-refractivity contribution in [3.8, 4) is 6.07 Å². The second-order valence-corrected chi connectivity index (χ2v) is 4.50. The Balaban J connectivity index is 2.30. The van der Waals surface area contributed by atoms with Gasteiger partial charge in [-0.3, -0.25) is 0 Å². The van der Waals surface area contributed by atoms with E-state index in [2.05, 4.69) is 4.98 Å². The Bertz CT molecular complexity index is 725. The van der Waals surface area contributed by atoms with Crippen molar-refractivity contribution < 1.29 is 14.3 Å². The van der Waals surface area contributed by atoms with Crippen LogP contribution in [0.15, 0.2) is 36.5 Å². The van der Waals surface area contributed by atoms with Gasteiger partial charge in [0.05, 0.1) is 17.8 Å². The molecular formula is C15H12FN3O2. The van der Waals surface area contributed by atoms with E-state index in [0.29, 0.717) is 12.1 Å². The molecule has 2 rings (SSSR count). The molecule has 0 saturated carbocycles. The van der Waals surface area contributed by atoms with E-state index in [9.17, 15) is 9.18 Å². The van der Waals surface area contributed by atoms with Crippen LogP contribution in [0.4, 0.5) is 10.2 Å². The average Bonchev–Trinajstić information content (AvgIpc) is 2.47. The van der Waals surface area contributed by atoms with Crippen LogP contribution in [-0.2, 0) is 6.54 Å². The molecule has 1 heterocycles. The molecule has 0 saturated heterocycles. The number of aromatic nitrogens is 1. The number of carbonyl (C=O) groups is 1. The predicted octanol–water partition coefficient (Wildman–Crippen LogP) is 2.43. The number of anilines is 1. The fraction of sp³-hybridized carbons (Fsp3) is 0.133. The molecule has 0 atom stereocenters. The summed E-state index contributed by atoms with van der Waals surface area (Å²) in [7, 11) is 1.66. The van der Waals surface area contributed by atoms with Gasteiger partial charge in [-0.15, -0.1) is 0 Å². The number of halogens is 1. The van der Waals surface area contributed by atoms with Crippen LogP contribution < -0.4 is 4.90 Å². The summed E-state index contributed by atoms with van der Waals surface area (Å²) >= 11 is 0. The summed E-state index contributed by atoms with van der Waals surface area (Å²) < 4.78 is 13.1. The van der Waals surface area contributed by atoms with Crippen LogP contribution in [0.2, 0.25) is 0 Å². The van der Waals surface area contributed by atoms with E-state index in [1.165, 1.54) is 0 Å². The Kier molecular flexibility index (Phi) is 4.14. The van der Waals surface area contributed by atoms with Gasteiger partial charge in [0, 0.05) is 13.6 Å². The number of pyridine rings is 1. The normalized spacial score (nSPS) is 9.95. The number of nitrogens with zero attached hydrogens (tertiary/aromatic N) is 3. The molecule has 0 bridgehead atoms. The molecule has 0 aliphatic carbocycles. The lowest BCUT2D eigenvalue weighted by molar-refractivity contribution is 0.0696. The molecule has 21 heavy (non-hydrogen) atoms. The highest BCUT2D eigenvalue weighted by Crippen LogP contribution is 2.19. The molecule has 1 aromatic heterocycles. The first-order valence-electron chi connectivity index (χ1n) is 6.10. The Hall–Kier alpha value is -2.94. The minimum absolute atomic E-state index is 0.172. The summed E-state index contributed by atoms with van der Waals surface area (Å²) in [4.78, 5) is 16.6. The van der Waals surface area contributed by atoms with Gasteiger partial charge in [-0.25, -0.2) is 14.2 Å². The van der Waals surface area contributed by atoms with Crippen LogP contribution >= 0.6 is 0 Å². The molecule has 0 radical (unpaired) electrons. The summed E-state index contributed by atoms with van der Waals surface area (Å²) in [5, 5.41) is 18.0.